The number of ether oxygens (including phenoxy) is 1. The van der Waals surface area contributed by atoms with Crippen LogP contribution in [-0.2, 0) is 24.9 Å². The van der Waals surface area contributed by atoms with Crippen molar-refractivity contribution in [2.75, 3.05) is 20.3 Å². The lowest BCUT2D eigenvalue weighted by molar-refractivity contribution is 0.199. The van der Waals surface area contributed by atoms with Crippen molar-refractivity contribution in [3.63, 3.8) is 0 Å². The molecule has 6 heteroatoms. The number of rotatable bonds is 7. The van der Waals surface area contributed by atoms with Crippen molar-refractivity contribution >= 4 is 0 Å². The predicted molar refractivity (Wildman–Crippen MR) is 72.9 cm³/mol. The van der Waals surface area contributed by atoms with Gasteiger partial charge in [-0.3, -0.25) is 9.36 Å². The van der Waals surface area contributed by atoms with E-state index in [0.717, 1.165) is 43.3 Å². The van der Waals surface area contributed by atoms with Crippen molar-refractivity contribution in [2.24, 2.45) is 7.05 Å². The van der Waals surface area contributed by atoms with Crippen LogP contribution >= 0.6 is 0 Å². The van der Waals surface area contributed by atoms with Crippen molar-refractivity contribution in [3.05, 3.63) is 35.4 Å². The van der Waals surface area contributed by atoms with Gasteiger partial charge in [-0.1, -0.05) is 0 Å². The summed E-state index contributed by atoms with van der Waals surface area (Å²) in [7, 11) is 3.66. The molecule has 0 aromatic carbocycles. The minimum atomic E-state index is 0.717. The number of hydrogen-bond acceptors (Lipinski definition) is 4. The minimum absolute atomic E-state index is 0.717. The van der Waals surface area contributed by atoms with E-state index in [0.29, 0.717) is 0 Å². The smallest absolute Gasteiger partial charge is 0.0828 e. The van der Waals surface area contributed by atoms with Crippen LogP contribution in [0.3, 0.4) is 0 Å². The molecule has 0 amide bonds. The van der Waals surface area contributed by atoms with Gasteiger partial charge in [0, 0.05) is 33.4 Å². The third-order valence-electron chi connectivity index (χ3n) is 2.91. The Morgan fingerprint density at radius 3 is 2.89 bits per heavy atom. The third-order valence-corrected chi connectivity index (χ3v) is 2.91. The van der Waals surface area contributed by atoms with Crippen LogP contribution in [0, 0.1) is 6.92 Å². The molecule has 0 aliphatic rings. The standard InChI is InChI=1S/C13H21N5O/c1-11-8-13(17(2)15-11)10-18-6-4-12(16-18)9-14-5-7-19-3/h4,6,8,14H,5,7,9-10H2,1-3H3. The molecule has 1 N–H and O–H groups in total. The maximum atomic E-state index is 4.98. The average Bonchev–Trinajstić information content (AvgIpc) is 2.93. The molecule has 6 nitrogen and oxygen atoms in total. The van der Waals surface area contributed by atoms with Crippen LogP contribution in [0.4, 0.5) is 0 Å². The maximum Gasteiger partial charge on any atom is 0.0828 e. The second kappa shape index (κ2) is 6.49. The van der Waals surface area contributed by atoms with E-state index >= 15 is 0 Å². The SMILES string of the molecule is COCCNCc1ccn(Cc2cc(C)nn2C)n1. The highest BCUT2D eigenvalue weighted by Gasteiger charge is 2.04. The van der Waals surface area contributed by atoms with Gasteiger partial charge in [-0.05, 0) is 19.1 Å². The summed E-state index contributed by atoms with van der Waals surface area (Å²) in [6.07, 6.45) is 2.00. The van der Waals surface area contributed by atoms with Gasteiger partial charge in [0.2, 0.25) is 0 Å². The zero-order valence-electron chi connectivity index (χ0n) is 11.8. The summed E-state index contributed by atoms with van der Waals surface area (Å²) < 4.78 is 8.81. The highest BCUT2D eigenvalue weighted by atomic mass is 16.5. The summed E-state index contributed by atoms with van der Waals surface area (Å²) >= 11 is 0. The highest BCUT2D eigenvalue weighted by molar-refractivity contribution is 5.09. The second-order valence-corrected chi connectivity index (χ2v) is 4.57. The summed E-state index contributed by atoms with van der Waals surface area (Å²) in [5, 5.41) is 12.1. The van der Waals surface area contributed by atoms with Crippen LogP contribution in [0.2, 0.25) is 0 Å². The largest absolute Gasteiger partial charge is 0.383 e. The third kappa shape index (κ3) is 3.90. The van der Waals surface area contributed by atoms with E-state index in [2.05, 4.69) is 21.6 Å². The van der Waals surface area contributed by atoms with Crippen molar-refractivity contribution < 1.29 is 4.74 Å². The van der Waals surface area contributed by atoms with Crippen LogP contribution in [0.1, 0.15) is 17.1 Å². The molecule has 0 saturated carbocycles. The molecular formula is C13H21N5O. The van der Waals surface area contributed by atoms with E-state index in [9.17, 15) is 0 Å². The molecule has 2 aromatic rings. The molecule has 104 valence electrons. The molecule has 2 aromatic heterocycles. The maximum absolute atomic E-state index is 4.98. The Bertz CT molecular complexity index is 517. The molecular weight excluding hydrogens is 242 g/mol. The summed E-state index contributed by atoms with van der Waals surface area (Å²) in [5.74, 6) is 0. The number of methoxy groups -OCH3 is 1. The van der Waals surface area contributed by atoms with Crippen molar-refractivity contribution in [1.82, 2.24) is 24.9 Å². The zero-order chi connectivity index (χ0) is 13.7. The first-order chi connectivity index (χ1) is 9.19. The second-order valence-electron chi connectivity index (χ2n) is 4.57. The first kappa shape index (κ1) is 13.8. The van der Waals surface area contributed by atoms with Gasteiger partial charge in [0.05, 0.1) is 30.2 Å². The Labute approximate surface area is 113 Å². The number of nitrogens with zero attached hydrogens (tertiary/aromatic N) is 4. The van der Waals surface area contributed by atoms with Gasteiger partial charge < -0.3 is 10.1 Å². The van der Waals surface area contributed by atoms with E-state index in [4.69, 9.17) is 4.74 Å². The lowest BCUT2D eigenvalue weighted by Crippen LogP contribution is -2.19. The van der Waals surface area contributed by atoms with Crippen molar-refractivity contribution in [3.8, 4) is 0 Å². The summed E-state index contributed by atoms with van der Waals surface area (Å²) in [6, 6.07) is 4.11. The minimum Gasteiger partial charge on any atom is -0.383 e. The Kier molecular flexibility index (Phi) is 4.70. The molecule has 0 saturated heterocycles. The molecule has 0 bridgehead atoms. The van der Waals surface area contributed by atoms with Crippen LogP contribution in [0.15, 0.2) is 18.3 Å². The van der Waals surface area contributed by atoms with Gasteiger partial charge in [-0.25, -0.2) is 0 Å². The van der Waals surface area contributed by atoms with Gasteiger partial charge in [-0.15, -0.1) is 0 Å². The summed E-state index contributed by atoms with van der Waals surface area (Å²) in [5.41, 5.74) is 3.22. The fraction of sp³-hybridized carbons (Fsp3) is 0.538. The quantitative estimate of drug-likeness (QED) is 0.748. The van der Waals surface area contributed by atoms with E-state index in [1.807, 2.05) is 35.6 Å². The van der Waals surface area contributed by atoms with E-state index < -0.39 is 0 Å². The Hall–Kier alpha value is -1.66. The van der Waals surface area contributed by atoms with E-state index in [1.54, 1.807) is 7.11 Å². The van der Waals surface area contributed by atoms with Crippen molar-refractivity contribution in [1.29, 1.82) is 0 Å². The number of aromatic nitrogens is 4. The Balaban J connectivity index is 1.88. The predicted octanol–water partition coefficient (Wildman–Crippen LogP) is 0.709. The molecule has 2 heterocycles. The fourth-order valence-electron chi connectivity index (χ4n) is 1.95. The van der Waals surface area contributed by atoms with Gasteiger partial charge in [0.15, 0.2) is 0 Å². The highest BCUT2D eigenvalue weighted by Crippen LogP contribution is 2.05. The molecule has 19 heavy (non-hydrogen) atoms. The molecule has 0 fully saturated rings. The molecule has 2 rings (SSSR count). The van der Waals surface area contributed by atoms with Crippen LogP contribution in [0.5, 0.6) is 0 Å². The van der Waals surface area contributed by atoms with E-state index in [1.165, 1.54) is 0 Å². The average molecular weight is 263 g/mol. The van der Waals surface area contributed by atoms with Gasteiger partial charge in [0.25, 0.3) is 0 Å². The monoisotopic (exact) mass is 263 g/mol. The van der Waals surface area contributed by atoms with Crippen molar-refractivity contribution in [2.45, 2.75) is 20.0 Å². The molecule has 0 radical (unpaired) electrons. The molecule has 0 atom stereocenters. The number of nitrogens with one attached hydrogen (secondary N) is 1. The molecule has 0 aliphatic heterocycles. The molecule has 0 unspecified atom stereocenters. The Morgan fingerprint density at radius 2 is 2.21 bits per heavy atom. The number of aryl methyl sites for hydroxylation is 2. The first-order valence-electron chi connectivity index (χ1n) is 6.40. The lowest BCUT2D eigenvalue weighted by Gasteiger charge is -2.03. The lowest BCUT2D eigenvalue weighted by atomic mass is 10.4. The van der Waals surface area contributed by atoms with E-state index in [-0.39, 0.29) is 0 Å². The fourth-order valence-corrected chi connectivity index (χ4v) is 1.95. The van der Waals surface area contributed by atoms with Gasteiger partial charge >= 0.3 is 0 Å². The summed E-state index contributed by atoms with van der Waals surface area (Å²) in [4.78, 5) is 0. The van der Waals surface area contributed by atoms with Crippen LogP contribution in [-0.4, -0.2) is 39.8 Å². The topological polar surface area (TPSA) is 56.9 Å². The number of hydrogen-bond donors (Lipinski definition) is 1. The zero-order valence-corrected chi connectivity index (χ0v) is 11.8. The summed E-state index contributed by atoms with van der Waals surface area (Å²) in [6.45, 7) is 5.06. The Morgan fingerprint density at radius 1 is 1.37 bits per heavy atom. The molecule has 0 spiro atoms. The van der Waals surface area contributed by atoms with Gasteiger partial charge in [0.1, 0.15) is 0 Å². The first-order valence-corrected chi connectivity index (χ1v) is 6.40. The van der Waals surface area contributed by atoms with Crippen LogP contribution < -0.4 is 5.32 Å². The van der Waals surface area contributed by atoms with Gasteiger partial charge in [-0.2, -0.15) is 10.2 Å². The normalized spacial score (nSPS) is 11.1. The molecule has 0 aliphatic carbocycles. The van der Waals surface area contributed by atoms with Crippen LogP contribution in [0.25, 0.3) is 0 Å².